The molecule has 0 rings (SSSR count). The van der Waals surface area contributed by atoms with Crippen LogP contribution in [0.2, 0.25) is 6.04 Å². The highest BCUT2D eigenvalue weighted by molar-refractivity contribution is 6.66. The fraction of sp³-hybridized carbons (Fsp3) is 1.00. The molecule has 0 amide bonds. The molecule has 0 aliphatic rings. The summed E-state index contributed by atoms with van der Waals surface area (Å²) in [6.45, 7) is 7.50. The lowest BCUT2D eigenvalue weighted by Gasteiger charge is -2.26. The molecular formula is C8H19NO3Si3. The van der Waals surface area contributed by atoms with Crippen LogP contribution in [0.4, 0.5) is 0 Å². The molecule has 0 bridgehead atoms. The van der Waals surface area contributed by atoms with E-state index in [4.69, 9.17) is 12.7 Å². The molecular weight excluding hydrogens is 242 g/mol. The van der Waals surface area contributed by atoms with Crippen molar-refractivity contribution in [3.05, 3.63) is 0 Å². The lowest BCUT2D eigenvalue weighted by molar-refractivity contribution is 0.213. The highest BCUT2D eigenvalue weighted by atomic mass is 28.4. The zero-order valence-electron chi connectivity index (χ0n) is 9.71. The minimum Gasteiger partial charge on any atom is -0.416 e. The Labute approximate surface area is 101 Å². The molecule has 86 valence electrons. The standard InChI is InChI=1S/C8H19NO3Si3/c1-4-9(5-2)7-6-8-15(10-3,11-13)12-14/h4-8H2,1-3H3. The van der Waals surface area contributed by atoms with Gasteiger partial charge in [-0.3, -0.25) is 0 Å². The van der Waals surface area contributed by atoms with Crippen molar-refractivity contribution in [1.82, 2.24) is 4.90 Å². The van der Waals surface area contributed by atoms with Gasteiger partial charge in [0, 0.05) is 13.2 Å². The Kier molecular flexibility index (Phi) is 8.90. The van der Waals surface area contributed by atoms with Crippen LogP contribution in [0.3, 0.4) is 0 Å². The lowest BCUT2D eigenvalue weighted by Crippen LogP contribution is -2.44. The maximum atomic E-state index is 5.26. The molecule has 15 heavy (non-hydrogen) atoms. The Bertz CT molecular complexity index is 146. The van der Waals surface area contributed by atoms with Gasteiger partial charge in [0.15, 0.2) is 0 Å². The predicted molar refractivity (Wildman–Crippen MR) is 63.7 cm³/mol. The highest BCUT2D eigenvalue weighted by Gasteiger charge is 2.35. The molecule has 0 aliphatic heterocycles. The average Bonchev–Trinajstić information content (AvgIpc) is 2.31. The first-order valence-electron chi connectivity index (χ1n) is 5.15. The fourth-order valence-corrected chi connectivity index (χ4v) is 4.19. The van der Waals surface area contributed by atoms with Crippen LogP contribution in [0.5, 0.6) is 0 Å². The molecule has 0 atom stereocenters. The summed E-state index contributed by atoms with van der Waals surface area (Å²) in [6.07, 6.45) is 0.997. The quantitative estimate of drug-likeness (QED) is 0.566. The van der Waals surface area contributed by atoms with Gasteiger partial charge in [0.25, 0.3) is 0 Å². The van der Waals surface area contributed by atoms with Crippen LogP contribution >= 0.6 is 0 Å². The van der Waals surface area contributed by atoms with Crippen molar-refractivity contribution < 1.29 is 12.7 Å². The van der Waals surface area contributed by atoms with Crippen molar-refractivity contribution in [2.45, 2.75) is 26.3 Å². The van der Waals surface area contributed by atoms with Crippen LogP contribution in [0, 0.1) is 0 Å². The summed E-state index contributed by atoms with van der Waals surface area (Å²) in [5, 5.41) is 0. The van der Waals surface area contributed by atoms with E-state index in [1.54, 1.807) is 7.11 Å². The first-order valence-corrected chi connectivity index (χ1v) is 7.89. The average molecular weight is 262 g/mol. The van der Waals surface area contributed by atoms with Gasteiger partial charge in [-0.1, -0.05) is 13.8 Å². The Hall–Kier alpha value is 0.491. The zero-order valence-corrected chi connectivity index (χ0v) is 12.7. The molecule has 7 heteroatoms. The molecule has 0 aliphatic carbocycles. The SMILES string of the molecule is CCN(CC)CCC[Si](OC)(O[Si])O[Si]. The van der Waals surface area contributed by atoms with Crippen molar-refractivity contribution in [2.24, 2.45) is 0 Å². The van der Waals surface area contributed by atoms with Crippen molar-refractivity contribution in [1.29, 1.82) is 0 Å². The molecule has 0 fully saturated rings. The normalized spacial score (nSPS) is 12.4. The van der Waals surface area contributed by atoms with Crippen LogP contribution in [-0.4, -0.2) is 61.4 Å². The summed E-state index contributed by atoms with van der Waals surface area (Å²) in [6, 6.07) is 0.785. The molecule has 6 radical (unpaired) electrons. The van der Waals surface area contributed by atoms with Gasteiger partial charge in [-0.25, -0.2) is 0 Å². The second-order valence-electron chi connectivity index (χ2n) is 3.22. The van der Waals surface area contributed by atoms with Gasteiger partial charge in [-0.05, 0) is 26.1 Å². The van der Waals surface area contributed by atoms with Crippen molar-refractivity contribution in [3.63, 3.8) is 0 Å². The third-order valence-corrected chi connectivity index (χ3v) is 6.55. The maximum Gasteiger partial charge on any atom is 0.479 e. The smallest absolute Gasteiger partial charge is 0.416 e. The molecule has 0 aromatic rings. The molecule has 0 saturated carbocycles. The van der Waals surface area contributed by atoms with Gasteiger partial charge in [0.05, 0.1) is 0 Å². The second kappa shape index (κ2) is 8.62. The van der Waals surface area contributed by atoms with Crippen molar-refractivity contribution >= 4 is 29.8 Å². The van der Waals surface area contributed by atoms with E-state index in [2.05, 4.69) is 39.7 Å². The summed E-state index contributed by atoms with van der Waals surface area (Å²) in [5.74, 6) is 0. The summed E-state index contributed by atoms with van der Waals surface area (Å²) in [7, 11) is 5.11. The minimum atomic E-state index is -2.51. The van der Waals surface area contributed by atoms with E-state index in [0.717, 1.165) is 32.1 Å². The molecule has 0 heterocycles. The lowest BCUT2D eigenvalue weighted by atomic mass is 10.4. The van der Waals surface area contributed by atoms with E-state index in [0.29, 0.717) is 0 Å². The molecule has 4 nitrogen and oxygen atoms in total. The van der Waals surface area contributed by atoms with Gasteiger partial charge in [-0.2, -0.15) is 0 Å². The first-order chi connectivity index (χ1) is 7.17. The Balaban J connectivity index is 3.89. The van der Waals surface area contributed by atoms with Crippen LogP contribution in [0.15, 0.2) is 0 Å². The van der Waals surface area contributed by atoms with E-state index in [1.807, 2.05) is 0 Å². The molecule has 0 saturated heterocycles. The fourth-order valence-electron chi connectivity index (χ4n) is 1.37. The summed E-state index contributed by atoms with van der Waals surface area (Å²) in [4.78, 5) is 2.36. The third kappa shape index (κ3) is 5.38. The van der Waals surface area contributed by atoms with Crippen LogP contribution in [-0.2, 0) is 12.7 Å². The molecule has 0 aromatic heterocycles. The number of rotatable bonds is 9. The zero-order chi connectivity index (χ0) is 11.7. The van der Waals surface area contributed by atoms with Gasteiger partial charge < -0.3 is 17.6 Å². The van der Waals surface area contributed by atoms with E-state index in [9.17, 15) is 0 Å². The second-order valence-corrected chi connectivity index (χ2v) is 7.13. The first kappa shape index (κ1) is 15.5. The monoisotopic (exact) mass is 261 g/mol. The van der Waals surface area contributed by atoms with Crippen LogP contribution in [0.1, 0.15) is 20.3 Å². The third-order valence-electron chi connectivity index (χ3n) is 2.47. The summed E-state index contributed by atoms with van der Waals surface area (Å²) >= 11 is 0. The highest BCUT2D eigenvalue weighted by Crippen LogP contribution is 2.14. The van der Waals surface area contributed by atoms with E-state index in [1.165, 1.54) is 0 Å². The topological polar surface area (TPSA) is 30.9 Å². The Morgan fingerprint density at radius 3 is 2.00 bits per heavy atom. The van der Waals surface area contributed by atoms with E-state index >= 15 is 0 Å². The molecule has 0 spiro atoms. The molecule has 0 N–H and O–H groups in total. The molecule has 0 unspecified atom stereocenters. The maximum absolute atomic E-state index is 5.26. The Morgan fingerprint density at radius 1 is 1.13 bits per heavy atom. The van der Waals surface area contributed by atoms with Gasteiger partial charge >= 0.3 is 8.80 Å². The predicted octanol–water partition coefficient (Wildman–Crippen LogP) is 0.504. The van der Waals surface area contributed by atoms with Crippen LogP contribution < -0.4 is 0 Å². The van der Waals surface area contributed by atoms with E-state index < -0.39 is 8.80 Å². The van der Waals surface area contributed by atoms with Gasteiger partial charge in [0.2, 0.25) is 21.0 Å². The Morgan fingerprint density at radius 2 is 1.67 bits per heavy atom. The van der Waals surface area contributed by atoms with Crippen molar-refractivity contribution in [3.8, 4) is 0 Å². The van der Waals surface area contributed by atoms with Crippen LogP contribution in [0.25, 0.3) is 0 Å². The number of hydrogen-bond donors (Lipinski definition) is 0. The van der Waals surface area contributed by atoms with Gasteiger partial charge in [-0.15, -0.1) is 0 Å². The van der Waals surface area contributed by atoms with Gasteiger partial charge in [0.1, 0.15) is 0 Å². The summed E-state index contributed by atoms with van der Waals surface area (Å²) < 4.78 is 15.5. The largest absolute Gasteiger partial charge is 0.479 e. The summed E-state index contributed by atoms with van der Waals surface area (Å²) in [5.41, 5.74) is 0. The van der Waals surface area contributed by atoms with Crippen molar-refractivity contribution in [2.75, 3.05) is 26.7 Å². The van der Waals surface area contributed by atoms with E-state index in [-0.39, 0.29) is 0 Å². The molecule has 0 aromatic carbocycles. The number of hydrogen-bond acceptors (Lipinski definition) is 4. The minimum absolute atomic E-state index is 0.785. The number of nitrogens with zero attached hydrogens (tertiary/aromatic N) is 1.